The highest BCUT2D eigenvalue weighted by Gasteiger charge is 2.36. The molecule has 1 aliphatic heterocycles. The van der Waals surface area contributed by atoms with E-state index in [1.807, 2.05) is 62.4 Å². The highest BCUT2D eigenvalue weighted by Crippen LogP contribution is 2.44. The number of ether oxygens (including phenoxy) is 1. The van der Waals surface area contributed by atoms with Crippen LogP contribution in [0.2, 0.25) is 0 Å². The molecule has 0 fully saturated rings. The standard InChI is InChI=1S/C21H19BrN4O2S/c1-3-17(27)26-16-12-8-6-10-14(16)18-19(23-21(25-24-18)29-4-2)28-20(26)13-9-5-7-11-15(13)22/h5-12,20H,3-4H2,1-2H3/t20-/m0/s1. The molecule has 1 amide bonds. The lowest BCUT2D eigenvalue weighted by Crippen LogP contribution is -2.37. The Morgan fingerprint density at radius 1 is 1.14 bits per heavy atom. The predicted octanol–water partition coefficient (Wildman–Crippen LogP) is 5.25. The van der Waals surface area contributed by atoms with Gasteiger partial charge in [0.05, 0.1) is 5.69 Å². The number of amides is 1. The Morgan fingerprint density at radius 2 is 1.90 bits per heavy atom. The van der Waals surface area contributed by atoms with E-state index in [1.54, 1.807) is 4.90 Å². The van der Waals surface area contributed by atoms with Crippen molar-refractivity contribution < 1.29 is 9.53 Å². The lowest BCUT2D eigenvalue weighted by atomic mass is 10.1. The summed E-state index contributed by atoms with van der Waals surface area (Å²) < 4.78 is 7.23. The average molecular weight is 471 g/mol. The first-order chi connectivity index (χ1) is 14.1. The van der Waals surface area contributed by atoms with Crippen molar-refractivity contribution in [3.63, 3.8) is 0 Å². The third-order valence-corrected chi connectivity index (χ3v) is 5.97. The molecule has 148 valence electrons. The molecule has 0 aliphatic carbocycles. The first kappa shape index (κ1) is 19.8. The second-order valence-electron chi connectivity index (χ2n) is 6.31. The van der Waals surface area contributed by atoms with E-state index in [1.165, 1.54) is 11.8 Å². The molecule has 29 heavy (non-hydrogen) atoms. The van der Waals surface area contributed by atoms with Gasteiger partial charge in [-0.15, -0.1) is 10.2 Å². The first-order valence-corrected chi connectivity index (χ1v) is 11.1. The molecule has 1 aromatic heterocycles. The van der Waals surface area contributed by atoms with Crippen LogP contribution in [-0.4, -0.2) is 26.8 Å². The Kier molecular flexibility index (Phi) is 5.82. The smallest absolute Gasteiger partial charge is 0.247 e. The number of anilines is 1. The molecule has 2 aromatic carbocycles. The van der Waals surface area contributed by atoms with E-state index in [-0.39, 0.29) is 5.91 Å². The van der Waals surface area contributed by atoms with E-state index in [4.69, 9.17) is 4.74 Å². The Bertz CT molecular complexity index is 1060. The van der Waals surface area contributed by atoms with Crippen LogP contribution in [0, 0.1) is 0 Å². The Balaban J connectivity index is 1.97. The summed E-state index contributed by atoms with van der Waals surface area (Å²) in [7, 11) is 0. The molecule has 0 bridgehead atoms. The predicted molar refractivity (Wildman–Crippen MR) is 117 cm³/mol. The summed E-state index contributed by atoms with van der Waals surface area (Å²) in [6, 6.07) is 15.4. The van der Waals surface area contributed by atoms with E-state index in [2.05, 4.69) is 31.1 Å². The third-order valence-electron chi connectivity index (χ3n) is 4.53. The number of thioether (sulfide) groups is 1. The number of carbonyl (C=O) groups is 1. The minimum Gasteiger partial charge on any atom is -0.447 e. The molecule has 4 rings (SSSR count). The SMILES string of the molecule is CCSc1nnc2c(n1)O[C@@H](c1ccccc1Br)N(C(=O)CC)c1ccccc1-2. The van der Waals surface area contributed by atoms with Crippen LogP contribution in [0.25, 0.3) is 11.3 Å². The molecule has 3 aromatic rings. The summed E-state index contributed by atoms with van der Waals surface area (Å²) in [5.41, 5.74) is 2.86. The number of hydrogen-bond acceptors (Lipinski definition) is 6. The van der Waals surface area contributed by atoms with E-state index < -0.39 is 6.23 Å². The van der Waals surface area contributed by atoms with Gasteiger partial charge in [0.1, 0.15) is 0 Å². The molecular formula is C21H19BrN4O2S. The van der Waals surface area contributed by atoms with Gasteiger partial charge in [0, 0.05) is 22.0 Å². The normalized spacial score (nSPS) is 15.1. The van der Waals surface area contributed by atoms with Gasteiger partial charge in [0.2, 0.25) is 23.2 Å². The first-order valence-electron chi connectivity index (χ1n) is 9.34. The second kappa shape index (κ2) is 8.51. The number of carbonyl (C=O) groups excluding carboxylic acids is 1. The van der Waals surface area contributed by atoms with Crippen molar-refractivity contribution in [2.75, 3.05) is 10.7 Å². The Hall–Kier alpha value is -2.45. The molecule has 6 nitrogen and oxygen atoms in total. The zero-order valence-electron chi connectivity index (χ0n) is 16.0. The van der Waals surface area contributed by atoms with Crippen molar-refractivity contribution in [2.45, 2.75) is 31.7 Å². The quantitative estimate of drug-likeness (QED) is 0.485. The molecule has 0 N–H and O–H groups in total. The monoisotopic (exact) mass is 470 g/mol. The van der Waals surface area contributed by atoms with Gasteiger partial charge in [-0.05, 0) is 17.9 Å². The molecule has 8 heteroatoms. The number of nitrogens with zero attached hydrogens (tertiary/aromatic N) is 4. The number of rotatable bonds is 4. The van der Waals surface area contributed by atoms with Gasteiger partial charge in [0.15, 0.2) is 5.69 Å². The maximum Gasteiger partial charge on any atom is 0.247 e. The number of hydrogen-bond donors (Lipinski definition) is 0. The highest BCUT2D eigenvalue weighted by molar-refractivity contribution is 9.10. The fourth-order valence-corrected chi connectivity index (χ4v) is 4.21. The fourth-order valence-electron chi connectivity index (χ4n) is 3.22. The maximum atomic E-state index is 13.1. The van der Waals surface area contributed by atoms with Crippen LogP contribution in [0.4, 0.5) is 5.69 Å². The third kappa shape index (κ3) is 3.74. The molecule has 1 aliphatic rings. The summed E-state index contributed by atoms with van der Waals surface area (Å²) in [6.07, 6.45) is -0.345. The highest BCUT2D eigenvalue weighted by atomic mass is 79.9. The van der Waals surface area contributed by atoms with Crippen LogP contribution < -0.4 is 9.64 Å². The molecular weight excluding hydrogens is 452 g/mol. The van der Waals surface area contributed by atoms with Crippen LogP contribution in [0.5, 0.6) is 5.88 Å². The minimum atomic E-state index is -0.684. The van der Waals surface area contributed by atoms with Crippen LogP contribution in [0.15, 0.2) is 58.2 Å². The minimum absolute atomic E-state index is 0.0536. The van der Waals surface area contributed by atoms with E-state index in [0.717, 1.165) is 27.0 Å². The summed E-state index contributed by atoms with van der Waals surface area (Å²) in [5, 5.41) is 9.18. The van der Waals surface area contributed by atoms with Gasteiger partial charge in [-0.25, -0.2) is 0 Å². The van der Waals surface area contributed by atoms with Gasteiger partial charge < -0.3 is 4.74 Å². The zero-order chi connectivity index (χ0) is 20.4. The van der Waals surface area contributed by atoms with E-state index in [0.29, 0.717) is 23.2 Å². The van der Waals surface area contributed by atoms with Gasteiger partial charge in [0.25, 0.3) is 0 Å². The van der Waals surface area contributed by atoms with Crippen molar-refractivity contribution in [1.29, 1.82) is 0 Å². The lowest BCUT2D eigenvalue weighted by Gasteiger charge is -2.31. The Morgan fingerprint density at radius 3 is 2.66 bits per heavy atom. The van der Waals surface area contributed by atoms with E-state index in [9.17, 15) is 4.79 Å². The summed E-state index contributed by atoms with van der Waals surface area (Å²) in [4.78, 5) is 19.4. The summed E-state index contributed by atoms with van der Waals surface area (Å²) >= 11 is 5.10. The largest absolute Gasteiger partial charge is 0.447 e. The molecule has 0 saturated carbocycles. The van der Waals surface area contributed by atoms with Crippen molar-refractivity contribution in [1.82, 2.24) is 15.2 Å². The van der Waals surface area contributed by atoms with Crippen molar-refractivity contribution in [2.24, 2.45) is 0 Å². The summed E-state index contributed by atoms with van der Waals surface area (Å²) in [5.74, 6) is 1.14. The molecule has 2 heterocycles. The number of fused-ring (bicyclic) bond motifs is 3. The molecule has 1 atom stereocenters. The number of aromatic nitrogens is 3. The Labute approximate surface area is 181 Å². The molecule has 0 spiro atoms. The van der Waals surface area contributed by atoms with Crippen LogP contribution in [-0.2, 0) is 4.79 Å². The van der Waals surface area contributed by atoms with Gasteiger partial charge in [-0.1, -0.05) is 77.9 Å². The van der Waals surface area contributed by atoms with Crippen molar-refractivity contribution in [3.8, 4) is 17.1 Å². The average Bonchev–Trinajstić information content (AvgIpc) is 2.88. The second-order valence-corrected chi connectivity index (χ2v) is 8.39. The number of benzene rings is 2. The van der Waals surface area contributed by atoms with Gasteiger partial charge in [-0.2, -0.15) is 4.98 Å². The van der Waals surface area contributed by atoms with Gasteiger partial charge >= 0.3 is 0 Å². The zero-order valence-corrected chi connectivity index (χ0v) is 18.4. The van der Waals surface area contributed by atoms with Crippen molar-refractivity contribution in [3.05, 3.63) is 58.6 Å². The fraction of sp³-hybridized carbons (Fsp3) is 0.238. The van der Waals surface area contributed by atoms with Crippen molar-refractivity contribution >= 4 is 39.3 Å². The maximum absolute atomic E-state index is 13.1. The summed E-state index contributed by atoms with van der Waals surface area (Å²) in [6.45, 7) is 3.87. The topological polar surface area (TPSA) is 68.2 Å². The van der Waals surface area contributed by atoms with Crippen LogP contribution >= 0.6 is 27.7 Å². The molecule has 0 unspecified atom stereocenters. The molecule has 0 radical (unpaired) electrons. The number of halogens is 1. The van der Waals surface area contributed by atoms with Crippen LogP contribution in [0.1, 0.15) is 32.1 Å². The molecule has 0 saturated heterocycles. The lowest BCUT2D eigenvalue weighted by molar-refractivity contribution is -0.120. The van der Waals surface area contributed by atoms with Crippen LogP contribution in [0.3, 0.4) is 0 Å². The van der Waals surface area contributed by atoms with Gasteiger partial charge in [-0.3, -0.25) is 9.69 Å². The van der Waals surface area contributed by atoms with E-state index >= 15 is 0 Å². The number of para-hydroxylation sites is 1.